The highest BCUT2D eigenvalue weighted by Gasteiger charge is 2.42. The van der Waals surface area contributed by atoms with E-state index in [9.17, 15) is 8.42 Å². The summed E-state index contributed by atoms with van der Waals surface area (Å²) in [4.78, 5) is 4.65. The van der Waals surface area contributed by atoms with Gasteiger partial charge in [-0.3, -0.25) is 4.99 Å². The quantitative estimate of drug-likeness (QED) is 0.331. The number of halogens is 1. The number of sulfone groups is 1. The molecule has 7 nitrogen and oxygen atoms in total. The monoisotopic (exact) mass is 513 g/mol. The smallest absolute Gasteiger partial charge is 0.191 e. The molecule has 4 rings (SSSR count). The molecular formula is C18H32IN3O4S. The zero-order chi connectivity index (χ0) is 18.0. The summed E-state index contributed by atoms with van der Waals surface area (Å²) in [6.07, 6.45) is 8.75. The Labute approximate surface area is 179 Å². The summed E-state index contributed by atoms with van der Waals surface area (Å²) in [5, 5.41) is 6.81. The van der Waals surface area contributed by atoms with Gasteiger partial charge in [-0.05, 0) is 38.0 Å². The third-order valence-corrected chi connectivity index (χ3v) is 7.62. The summed E-state index contributed by atoms with van der Waals surface area (Å²) in [6.45, 7) is 1.86. The van der Waals surface area contributed by atoms with Crippen LogP contribution in [0.4, 0.5) is 0 Å². The van der Waals surface area contributed by atoms with Crippen molar-refractivity contribution in [3.63, 3.8) is 0 Å². The minimum atomic E-state index is -2.84. The second-order valence-corrected chi connectivity index (χ2v) is 10.5. The van der Waals surface area contributed by atoms with Gasteiger partial charge in [0.2, 0.25) is 0 Å². The van der Waals surface area contributed by atoms with E-state index in [1.54, 1.807) is 0 Å². The van der Waals surface area contributed by atoms with Crippen molar-refractivity contribution in [1.29, 1.82) is 0 Å². The van der Waals surface area contributed by atoms with E-state index >= 15 is 0 Å². The van der Waals surface area contributed by atoms with Crippen LogP contribution >= 0.6 is 24.0 Å². The van der Waals surface area contributed by atoms with Crippen LogP contribution in [0.2, 0.25) is 0 Å². The first-order valence-corrected chi connectivity index (χ1v) is 11.9. The lowest BCUT2D eigenvalue weighted by molar-refractivity contribution is -0.186. The van der Waals surface area contributed by atoms with E-state index in [4.69, 9.17) is 9.47 Å². The lowest BCUT2D eigenvalue weighted by atomic mass is 9.94. The van der Waals surface area contributed by atoms with E-state index < -0.39 is 9.84 Å². The van der Waals surface area contributed by atoms with Crippen molar-refractivity contribution in [3.05, 3.63) is 0 Å². The van der Waals surface area contributed by atoms with E-state index in [1.165, 1.54) is 32.1 Å². The Balaban J connectivity index is 0.00000210. The van der Waals surface area contributed by atoms with Gasteiger partial charge in [0.25, 0.3) is 0 Å². The van der Waals surface area contributed by atoms with E-state index in [-0.39, 0.29) is 47.5 Å². The molecule has 2 saturated carbocycles. The fraction of sp³-hybridized carbons (Fsp3) is 0.944. The van der Waals surface area contributed by atoms with Crippen molar-refractivity contribution in [3.8, 4) is 0 Å². The molecule has 156 valence electrons. The van der Waals surface area contributed by atoms with Gasteiger partial charge in [0.1, 0.15) is 6.10 Å². The molecule has 0 aromatic rings. The molecule has 2 aliphatic carbocycles. The number of guanidine groups is 1. The maximum absolute atomic E-state index is 11.6. The molecule has 2 unspecified atom stereocenters. The topological polar surface area (TPSA) is 89.0 Å². The fourth-order valence-electron chi connectivity index (χ4n) is 4.09. The Bertz CT molecular complexity index is 633. The standard InChI is InChI=1S/C18H31N3O4S.HI/c22-26(23)9-6-14(13-26)10-19-17(21-15-4-5-15)20-11-16-12-24-18(25-16)7-2-1-3-8-18;/h14-16H,1-13H2,(H2,19,20,21);1H. The Morgan fingerprint density at radius 1 is 1.15 bits per heavy atom. The van der Waals surface area contributed by atoms with Gasteiger partial charge < -0.3 is 20.1 Å². The van der Waals surface area contributed by atoms with Crippen LogP contribution in [0, 0.1) is 5.92 Å². The molecule has 0 aromatic heterocycles. The number of hydrogen-bond acceptors (Lipinski definition) is 5. The Morgan fingerprint density at radius 2 is 1.93 bits per heavy atom. The summed E-state index contributed by atoms with van der Waals surface area (Å²) < 4.78 is 35.4. The van der Waals surface area contributed by atoms with E-state index in [0.29, 0.717) is 31.5 Å². The highest BCUT2D eigenvalue weighted by Crippen LogP contribution is 2.37. The van der Waals surface area contributed by atoms with Gasteiger partial charge in [0.15, 0.2) is 21.6 Å². The molecule has 9 heteroatoms. The Morgan fingerprint density at radius 3 is 2.59 bits per heavy atom. The number of nitrogens with one attached hydrogen (secondary N) is 2. The number of ether oxygens (including phenoxy) is 2. The summed E-state index contributed by atoms with van der Waals surface area (Å²) in [5.74, 6) is 1.17. The van der Waals surface area contributed by atoms with Crippen LogP contribution in [0.1, 0.15) is 51.4 Å². The maximum atomic E-state index is 11.6. The third-order valence-electron chi connectivity index (χ3n) is 5.78. The predicted molar refractivity (Wildman–Crippen MR) is 115 cm³/mol. The molecule has 0 bridgehead atoms. The molecule has 2 N–H and O–H groups in total. The largest absolute Gasteiger partial charge is 0.354 e. The lowest BCUT2D eigenvalue weighted by Crippen LogP contribution is -2.43. The van der Waals surface area contributed by atoms with Crippen LogP contribution in [0.25, 0.3) is 0 Å². The van der Waals surface area contributed by atoms with Crippen LogP contribution in [-0.4, -0.2) is 63.5 Å². The molecule has 4 aliphatic rings. The van der Waals surface area contributed by atoms with Crippen LogP contribution in [-0.2, 0) is 19.3 Å². The van der Waals surface area contributed by atoms with Crippen molar-refractivity contribution in [1.82, 2.24) is 10.6 Å². The zero-order valence-electron chi connectivity index (χ0n) is 15.8. The van der Waals surface area contributed by atoms with Gasteiger partial charge >= 0.3 is 0 Å². The summed E-state index contributed by atoms with van der Waals surface area (Å²) in [7, 11) is -2.84. The average Bonchev–Trinajstić information content (AvgIpc) is 3.26. The number of hydrogen-bond donors (Lipinski definition) is 2. The third kappa shape index (κ3) is 6.17. The normalized spacial score (nSPS) is 32.2. The van der Waals surface area contributed by atoms with Crippen molar-refractivity contribution in [2.24, 2.45) is 10.9 Å². The molecule has 27 heavy (non-hydrogen) atoms. The minimum absolute atomic E-state index is 0. The number of aliphatic imine (C=N–C) groups is 1. The Kier molecular flexibility index (Phi) is 7.29. The summed E-state index contributed by atoms with van der Waals surface area (Å²) >= 11 is 0. The van der Waals surface area contributed by atoms with Gasteiger partial charge in [-0.2, -0.15) is 0 Å². The second kappa shape index (κ2) is 9.13. The summed E-state index contributed by atoms with van der Waals surface area (Å²) in [5.41, 5.74) is 0. The molecule has 2 heterocycles. The highest BCUT2D eigenvalue weighted by molar-refractivity contribution is 14.0. The summed E-state index contributed by atoms with van der Waals surface area (Å²) in [6, 6.07) is 0.499. The molecule has 1 spiro atoms. The molecule has 0 amide bonds. The van der Waals surface area contributed by atoms with E-state index in [2.05, 4.69) is 15.6 Å². The predicted octanol–water partition coefficient (Wildman–Crippen LogP) is 1.81. The van der Waals surface area contributed by atoms with Crippen LogP contribution < -0.4 is 10.6 Å². The number of nitrogens with zero attached hydrogens (tertiary/aromatic N) is 1. The molecule has 0 radical (unpaired) electrons. The highest BCUT2D eigenvalue weighted by atomic mass is 127. The first-order valence-electron chi connectivity index (χ1n) is 10.1. The van der Waals surface area contributed by atoms with Gasteiger partial charge in [-0.1, -0.05) is 6.42 Å². The molecular weight excluding hydrogens is 481 g/mol. The van der Waals surface area contributed by atoms with Gasteiger partial charge in [0.05, 0.1) is 18.1 Å². The molecule has 4 fully saturated rings. The second-order valence-electron chi connectivity index (χ2n) is 8.28. The van der Waals surface area contributed by atoms with Crippen LogP contribution in [0.3, 0.4) is 0 Å². The van der Waals surface area contributed by atoms with Crippen LogP contribution in [0.15, 0.2) is 4.99 Å². The first-order chi connectivity index (χ1) is 12.5. The van der Waals surface area contributed by atoms with Gasteiger partial charge in [-0.15, -0.1) is 24.0 Å². The van der Waals surface area contributed by atoms with Crippen molar-refractivity contribution >= 4 is 39.8 Å². The van der Waals surface area contributed by atoms with Crippen LogP contribution in [0.5, 0.6) is 0 Å². The zero-order valence-corrected chi connectivity index (χ0v) is 19.0. The van der Waals surface area contributed by atoms with Gasteiger partial charge in [0, 0.05) is 32.0 Å². The molecule has 2 aliphatic heterocycles. The SMILES string of the molecule is I.O=S1(=O)CCC(CN=C(NCC2COC3(CCCCC3)O2)NC2CC2)C1. The Hall–Kier alpha value is -0.130. The van der Waals surface area contributed by atoms with E-state index in [1.807, 2.05) is 0 Å². The average molecular weight is 513 g/mol. The first kappa shape index (κ1) is 21.6. The van der Waals surface area contributed by atoms with Crippen molar-refractivity contribution in [2.75, 3.05) is 31.2 Å². The molecule has 0 aromatic carbocycles. The van der Waals surface area contributed by atoms with E-state index in [0.717, 1.165) is 25.2 Å². The lowest BCUT2D eigenvalue weighted by Gasteiger charge is -2.31. The molecule has 2 atom stereocenters. The molecule has 2 saturated heterocycles. The van der Waals surface area contributed by atoms with Crippen molar-refractivity contribution < 1.29 is 17.9 Å². The maximum Gasteiger partial charge on any atom is 0.191 e. The van der Waals surface area contributed by atoms with Crippen molar-refractivity contribution in [2.45, 2.75) is 69.3 Å². The van der Waals surface area contributed by atoms with Gasteiger partial charge in [-0.25, -0.2) is 8.42 Å². The minimum Gasteiger partial charge on any atom is -0.354 e. The number of rotatable bonds is 5. The fourth-order valence-corrected chi connectivity index (χ4v) is 5.94.